The number of nitrogens with zero attached hydrogens (tertiary/aromatic N) is 3. The van der Waals surface area contributed by atoms with Crippen LogP contribution >= 0.6 is 0 Å². The standard InChI is InChI=1S/C16H12N4O2/c21-20(22)15-9-7-13(8-10-15)19-17-11-14-6-5-12-3-1-2-4-16(12)18-14/h1-11,19H. The van der Waals surface area contributed by atoms with Gasteiger partial charge in [-0.25, -0.2) is 4.98 Å². The molecule has 6 heteroatoms. The number of anilines is 1. The molecule has 0 saturated heterocycles. The largest absolute Gasteiger partial charge is 0.278 e. The van der Waals surface area contributed by atoms with Gasteiger partial charge in [0, 0.05) is 17.5 Å². The van der Waals surface area contributed by atoms with Crippen LogP contribution in [0.25, 0.3) is 10.9 Å². The molecule has 1 N–H and O–H groups in total. The maximum Gasteiger partial charge on any atom is 0.269 e. The van der Waals surface area contributed by atoms with Crippen LogP contribution in [0.5, 0.6) is 0 Å². The van der Waals surface area contributed by atoms with E-state index in [-0.39, 0.29) is 5.69 Å². The normalized spacial score (nSPS) is 10.9. The Morgan fingerprint density at radius 1 is 1.05 bits per heavy atom. The molecule has 1 heterocycles. The second-order valence-corrected chi connectivity index (χ2v) is 4.60. The maximum absolute atomic E-state index is 10.6. The zero-order valence-electron chi connectivity index (χ0n) is 11.5. The Hall–Kier alpha value is -3.28. The lowest BCUT2D eigenvalue weighted by molar-refractivity contribution is -0.384. The molecule has 0 amide bonds. The van der Waals surface area contributed by atoms with E-state index in [2.05, 4.69) is 15.5 Å². The molecule has 0 aliphatic rings. The molecule has 0 bridgehead atoms. The third-order valence-electron chi connectivity index (χ3n) is 3.09. The zero-order valence-corrected chi connectivity index (χ0v) is 11.5. The summed E-state index contributed by atoms with van der Waals surface area (Å²) in [6.07, 6.45) is 1.61. The van der Waals surface area contributed by atoms with E-state index in [4.69, 9.17) is 0 Å². The average Bonchev–Trinajstić information content (AvgIpc) is 2.55. The highest BCUT2D eigenvalue weighted by atomic mass is 16.6. The zero-order chi connectivity index (χ0) is 15.4. The summed E-state index contributed by atoms with van der Waals surface area (Å²) in [5.74, 6) is 0. The van der Waals surface area contributed by atoms with Gasteiger partial charge >= 0.3 is 0 Å². The fourth-order valence-electron chi connectivity index (χ4n) is 1.98. The van der Waals surface area contributed by atoms with Crippen molar-refractivity contribution in [1.29, 1.82) is 0 Å². The summed E-state index contributed by atoms with van der Waals surface area (Å²) in [6.45, 7) is 0. The monoisotopic (exact) mass is 292 g/mol. The predicted octanol–water partition coefficient (Wildman–Crippen LogP) is 3.59. The van der Waals surface area contributed by atoms with Crippen molar-refractivity contribution in [2.24, 2.45) is 5.10 Å². The van der Waals surface area contributed by atoms with Crippen molar-refractivity contribution in [1.82, 2.24) is 4.98 Å². The third-order valence-corrected chi connectivity index (χ3v) is 3.09. The van der Waals surface area contributed by atoms with Gasteiger partial charge < -0.3 is 0 Å². The van der Waals surface area contributed by atoms with Crippen LogP contribution in [0.3, 0.4) is 0 Å². The van der Waals surface area contributed by atoms with Gasteiger partial charge in [0.1, 0.15) is 0 Å². The second kappa shape index (κ2) is 6.01. The molecule has 0 atom stereocenters. The molecule has 2 aromatic carbocycles. The molecule has 108 valence electrons. The van der Waals surface area contributed by atoms with Gasteiger partial charge in [-0.3, -0.25) is 15.5 Å². The third kappa shape index (κ3) is 3.06. The van der Waals surface area contributed by atoms with E-state index in [9.17, 15) is 10.1 Å². The van der Waals surface area contributed by atoms with Gasteiger partial charge in [-0.2, -0.15) is 5.10 Å². The number of hydrogen-bond acceptors (Lipinski definition) is 5. The first-order chi connectivity index (χ1) is 10.7. The molecule has 0 aliphatic carbocycles. The van der Waals surface area contributed by atoms with Gasteiger partial charge in [-0.05, 0) is 24.3 Å². The molecular weight excluding hydrogens is 280 g/mol. The van der Waals surface area contributed by atoms with Crippen LogP contribution in [0.15, 0.2) is 65.8 Å². The lowest BCUT2D eigenvalue weighted by atomic mass is 10.2. The van der Waals surface area contributed by atoms with E-state index in [1.54, 1.807) is 18.3 Å². The molecule has 0 unspecified atom stereocenters. The number of hydrogen-bond donors (Lipinski definition) is 1. The molecule has 0 saturated carbocycles. The summed E-state index contributed by atoms with van der Waals surface area (Å²) in [5, 5.41) is 15.7. The highest BCUT2D eigenvalue weighted by molar-refractivity contribution is 5.85. The van der Waals surface area contributed by atoms with Crippen molar-refractivity contribution in [3.05, 3.63) is 76.5 Å². The Balaban J connectivity index is 1.71. The van der Waals surface area contributed by atoms with Gasteiger partial charge in [-0.1, -0.05) is 24.3 Å². The van der Waals surface area contributed by atoms with Crippen LogP contribution in [0.4, 0.5) is 11.4 Å². The molecule has 0 aliphatic heterocycles. The summed E-state index contributed by atoms with van der Waals surface area (Å²) >= 11 is 0. The van der Waals surface area contributed by atoms with Crippen molar-refractivity contribution in [2.45, 2.75) is 0 Å². The number of nitro benzene ring substituents is 1. The first-order valence-corrected chi connectivity index (χ1v) is 6.62. The minimum Gasteiger partial charge on any atom is -0.278 e. The average molecular weight is 292 g/mol. The smallest absolute Gasteiger partial charge is 0.269 e. The number of pyridine rings is 1. The molecule has 3 aromatic rings. The van der Waals surface area contributed by atoms with Crippen molar-refractivity contribution in [3.63, 3.8) is 0 Å². The highest BCUT2D eigenvalue weighted by Gasteiger charge is 2.02. The Morgan fingerprint density at radius 3 is 2.59 bits per heavy atom. The summed E-state index contributed by atoms with van der Waals surface area (Å²) in [7, 11) is 0. The molecule has 3 rings (SSSR count). The lowest BCUT2D eigenvalue weighted by Crippen LogP contribution is -1.94. The highest BCUT2D eigenvalue weighted by Crippen LogP contribution is 2.15. The Kier molecular flexibility index (Phi) is 3.74. The van der Waals surface area contributed by atoms with Crippen LogP contribution < -0.4 is 5.43 Å². The summed E-state index contributed by atoms with van der Waals surface area (Å²) in [4.78, 5) is 14.6. The number of benzene rings is 2. The quantitative estimate of drug-likeness (QED) is 0.452. The molecule has 0 spiro atoms. The molecule has 22 heavy (non-hydrogen) atoms. The molecule has 0 radical (unpaired) electrons. The number of hydrazone groups is 1. The van der Waals surface area contributed by atoms with Crippen molar-refractivity contribution in [3.8, 4) is 0 Å². The van der Waals surface area contributed by atoms with Gasteiger partial charge in [0.2, 0.25) is 0 Å². The Labute approximate surface area is 126 Å². The number of nitrogens with one attached hydrogen (secondary N) is 1. The van der Waals surface area contributed by atoms with Crippen LogP contribution in [0.2, 0.25) is 0 Å². The number of rotatable bonds is 4. The summed E-state index contributed by atoms with van der Waals surface area (Å²) < 4.78 is 0. The fourth-order valence-corrected chi connectivity index (χ4v) is 1.98. The van der Waals surface area contributed by atoms with Gasteiger partial charge in [0.05, 0.1) is 28.0 Å². The van der Waals surface area contributed by atoms with Crippen LogP contribution in [-0.2, 0) is 0 Å². The number of nitro groups is 1. The number of fused-ring (bicyclic) bond motifs is 1. The van der Waals surface area contributed by atoms with Crippen LogP contribution in [0, 0.1) is 10.1 Å². The lowest BCUT2D eigenvalue weighted by Gasteiger charge is -2.00. The van der Waals surface area contributed by atoms with E-state index >= 15 is 0 Å². The Morgan fingerprint density at radius 2 is 1.82 bits per heavy atom. The van der Waals surface area contributed by atoms with Crippen molar-refractivity contribution >= 4 is 28.5 Å². The van der Waals surface area contributed by atoms with Gasteiger partial charge in [0.15, 0.2) is 0 Å². The SMILES string of the molecule is O=[N+]([O-])c1ccc(NN=Cc2ccc3ccccc3n2)cc1. The first-order valence-electron chi connectivity index (χ1n) is 6.62. The number of para-hydroxylation sites is 1. The van der Waals surface area contributed by atoms with E-state index in [0.717, 1.165) is 16.6 Å². The minimum atomic E-state index is -0.438. The second-order valence-electron chi connectivity index (χ2n) is 4.60. The first kappa shape index (κ1) is 13.7. The Bertz CT molecular complexity index is 844. The van der Waals surface area contributed by atoms with E-state index in [1.807, 2.05) is 36.4 Å². The molecule has 6 nitrogen and oxygen atoms in total. The topological polar surface area (TPSA) is 80.4 Å². The summed E-state index contributed by atoms with van der Waals surface area (Å²) in [6, 6.07) is 17.7. The van der Waals surface area contributed by atoms with E-state index in [0.29, 0.717) is 5.69 Å². The number of non-ortho nitro benzene ring substituents is 1. The van der Waals surface area contributed by atoms with E-state index < -0.39 is 4.92 Å². The number of aromatic nitrogens is 1. The minimum absolute atomic E-state index is 0.0470. The van der Waals surface area contributed by atoms with Crippen molar-refractivity contribution in [2.75, 3.05) is 5.43 Å². The molecule has 1 aromatic heterocycles. The van der Waals surface area contributed by atoms with Gasteiger partial charge in [0.25, 0.3) is 5.69 Å². The predicted molar refractivity (Wildman–Crippen MR) is 86.1 cm³/mol. The van der Waals surface area contributed by atoms with Crippen molar-refractivity contribution < 1.29 is 4.92 Å². The molecule has 0 fully saturated rings. The summed E-state index contributed by atoms with van der Waals surface area (Å²) in [5.41, 5.74) is 5.16. The molecular formula is C16H12N4O2. The van der Waals surface area contributed by atoms with Gasteiger partial charge in [-0.15, -0.1) is 0 Å². The fraction of sp³-hybridized carbons (Fsp3) is 0. The maximum atomic E-state index is 10.6. The van der Waals surface area contributed by atoms with E-state index in [1.165, 1.54) is 12.1 Å². The van der Waals surface area contributed by atoms with Crippen LogP contribution in [0.1, 0.15) is 5.69 Å². The van der Waals surface area contributed by atoms with Crippen LogP contribution in [-0.4, -0.2) is 16.1 Å².